The number of aliphatic imine (C=N–C) groups is 1. The van der Waals surface area contributed by atoms with E-state index in [1.807, 2.05) is 78.5 Å². The van der Waals surface area contributed by atoms with Crippen LogP contribution in [0.2, 0.25) is 0 Å². The third-order valence-corrected chi connectivity index (χ3v) is 4.39. The van der Waals surface area contributed by atoms with E-state index in [1.165, 1.54) is 11.3 Å². The standard InChI is InChI=1S/C19H15N5S/c1-14-21-22-19(25-14)20-12-16-13-24(17-10-6-3-7-11-17)23-18(16)15-8-4-2-5-9-15/h2-13H,1H3/b20-12+. The molecule has 0 spiro atoms. The maximum atomic E-state index is 4.76. The Labute approximate surface area is 149 Å². The molecule has 0 saturated heterocycles. The molecule has 0 amide bonds. The largest absolute Gasteiger partial charge is 0.240 e. The molecule has 4 aromatic rings. The first-order valence-electron chi connectivity index (χ1n) is 7.84. The summed E-state index contributed by atoms with van der Waals surface area (Å²) in [5.41, 5.74) is 3.87. The van der Waals surface area contributed by atoms with Gasteiger partial charge in [0, 0.05) is 23.5 Å². The molecular formula is C19H15N5S. The number of hydrogen-bond acceptors (Lipinski definition) is 5. The number of hydrogen-bond donors (Lipinski definition) is 0. The monoisotopic (exact) mass is 345 g/mol. The number of benzene rings is 2. The zero-order valence-corrected chi connectivity index (χ0v) is 14.4. The smallest absolute Gasteiger partial charge is 0.231 e. The Bertz CT molecular complexity index is 1000. The van der Waals surface area contributed by atoms with Crippen LogP contribution in [0, 0.1) is 6.92 Å². The lowest BCUT2D eigenvalue weighted by Gasteiger charge is -2.00. The summed E-state index contributed by atoms with van der Waals surface area (Å²) in [7, 11) is 0. The van der Waals surface area contributed by atoms with Gasteiger partial charge in [-0.2, -0.15) is 5.10 Å². The SMILES string of the molecule is Cc1nnc(/N=C/c2cn(-c3ccccc3)nc2-c2ccccc2)s1. The first-order chi connectivity index (χ1) is 12.3. The molecule has 0 aliphatic rings. The summed E-state index contributed by atoms with van der Waals surface area (Å²) >= 11 is 1.46. The zero-order chi connectivity index (χ0) is 17.1. The predicted octanol–water partition coefficient (Wildman–Crippen LogP) is 4.45. The van der Waals surface area contributed by atoms with Gasteiger partial charge in [0.1, 0.15) is 10.7 Å². The highest BCUT2D eigenvalue weighted by Crippen LogP contribution is 2.24. The highest BCUT2D eigenvalue weighted by molar-refractivity contribution is 7.14. The molecule has 4 rings (SSSR count). The zero-order valence-electron chi connectivity index (χ0n) is 13.6. The number of nitrogens with zero attached hydrogens (tertiary/aromatic N) is 5. The molecular weight excluding hydrogens is 330 g/mol. The van der Waals surface area contributed by atoms with Crippen LogP contribution in [0.5, 0.6) is 0 Å². The van der Waals surface area contributed by atoms with Crippen molar-refractivity contribution in [2.75, 3.05) is 0 Å². The van der Waals surface area contributed by atoms with Crippen LogP contribution in [0.25, 0.3) is 16.9 Å². The van der Waals surface area contributed by atoms with Gasteiger partial charge >= 0.3 is 0 Å². The fourth-order valence-corrected chi connectivity index (χ4v) is 3.01. The van der Waals surface area contributed by atoms with Gasteiger partial charge in [-0.25, -0.2) is 9.67 Å². The second kappa shape index (κ2) is 6.78. The van der Waals surface area contributed by atoms with Gasteiger partial charge in [0.05, 0.1) is 5.69 Å². The van der Waals surface area contributed by atoms with E-state index in [9.17, 15) is 0 Å². The summed E-state index contributed by atoms with van der Waals surface area (Å²) < 4.78 is 1.87. The topological polar surface area (TPSA) is 56.0 Å². The minimum Gasteiger partial charge on any atom is -0.240 e. The van der Waals surface area contributed by atoms with Crippen molar-refractivity contribution in [3.8, 4) is 16.9 Å². The number of para-hydroxylation sites is 1. The van der Waals surface area contributed by atoms with Crippen molar-refractivity contribution < 1.29 is 0 Å². The lowest BCUT2D eigenvalue weighted by molar-refractivity contribution is 0.884. The molecule has 6 heteroatoms. The lowest BCUT2D eigenvalue weighted by Crippen LogP contribution is -1.93. The van der Waals surface area contributed by atoms with Gasteiger partial charge in [-0.15, -0.1) is 10.2 Å². The maximum absolute atomic E-state index is 4.76. The minimum atomic E-state index is 0.643. The Hall–Kier alpha value is -3.12. The molecule has 122 valence electrons. The van der Waals surface area contributed by atoms with Crippen LogP contribution < -0.4 is 0 Å². The van der Waals surface area contributed by atoms with E-state index in [1.54, 1.807) is 6.21 Å². The molecule has 0 aliphatic carbocycles. The third-order valence-electron chi connectivity index (χ3n) is 3.64. The predicted molar refractivity (Wildman–Crippen MR) is 101 cm³/mol. The molecule has 2 heterocycles. The fraction of sp³-hybridized carbons (Fsp3) is 0.0526. The lowest BCUT2D eigenvalue weighted by atomic mass is 10.1. The molecule has 5 nitrogen and oxygen atoms in total. The van der Waals surface area contributed by atoms with Crippen molar-refractivity contribution in [3.05, 3.63) is 77.4 Å². The van der Waals surface area contributed by atoms with Crippen LogP contribution in [0.4, 0.5) is 5.13 Å². The first-order valence-corrected chi connectivity index (χ1v) is 8.66. The van der Waals surface area contributed by atoms with E-state index in [-0.39, 0.29) is 0 Å². The second-order valence-corrected chi connectivity index (χ2v) is 6.60. The van der Waals surface area contributed by atoms with Crippen molar-refractivity contribution in [2.24, 2.45) is 4.99 Å². The summed E-state index contributed by atoms with van der Waals surface area (Å²) in [5.74, 6) is 0. The molecule has 0 atom stereocenters. The van der Waals surface area contributed by atoms with Gasteiger partial charge in [-0.1, -0.05) is 59.9 Å². The molecule has 0 bridgehead atoms. The van der Waals surface area contributed by atoms with Crippen molar-refractivity contribution in [1.29, 1.82) is 0 Å². The van der Waals surface area contributed by atoms with Gasteiger partial charge in [0.15, 0.2) is 0 Å². The van der Waals surface area contributed by atoms with Crippen molar-refractivity contribution in [3.63, 3.8) is 0 Å². The van der Waals surface area contributed by atoms with Gasteiger partial charge < -0.3 is 0 Å². The maximum Gasteiger partial charge on any atom is 0.231 e. The molecule has 0 aliphatic heterocycles. The van der Waals surface area contributed by atoms with Crippen LogP contribution in [0.15, 0.2) is 71.9 Å². The Morgan fingerprint density at radius 2 is 1.68 bits per heavy atom. The van der Waals surface area contributed by atoms with Crippen molar-refractivity contribution >= 4 is 22.7 Å². The quantitative estimate of drug-likeness (QED) is 0.514. The summed E-state index contributed by atoms with van der Waals surface area (Å²) in [6.07, 6.45) is 3.78. The molecule has 2 aromatic heterocycles. The van der Waals surface area contributed by atoms with Crippen LogP contribution in [-0.4, -0.2) is 26.2 Å². The van der Waals surface area contributed by atoms with Gasteiger partial charge in [-0.05, 0) is 19.1 Å². The van der Waals surface area contributed by atoms with Crippen LogP contribution in [-0.2, 0) is 0 Å². The Morgan fingerprint density at radius 1 is 0.960 bits per heavy atom. The molecule has 25 heavy (non-hydrogen) atoms. The van der Waals surface area contributed by atoms with E-state index in [2.05, 4.69) is 15.2 Å². The van der Waals surface area contributed by atoms with E-state index in [4.69, 9.17) is 5.10 Å². The van der Waals surface area contributed by atoms with Crippen LogP contribution in [0.1, 0.15) is 10.6 Å². The average molecular weight is 345 g/mol. The Kier molecular flexibility index (Phi) is 4.18. The number of aryl methyl sites for hydroxylation is 1. The highest BCUT2D eigenvalue weighted by Gasteiger charge is 2.11. The van der Waals surface area contributed by atoms with Crippen molar-refractivity contribution in [2.45, 2.75) is 6.92 Å². The normalized spacial score (nSPS) is 11.2. The van der Waals surface area contributed by atoms with Gasteiger partial charge in [0.2, 0.25) is 5.13 Å². The average Bonchev–Trinajstić information content (AvgIpc) is 3.28. The van der Waals surface area contributed by atoms with Gasteiger partial charge in [0.25, 0.3) is 0 Å². The molecule has 2 aromatic carbocycles. The molecule has 0 radical (unpaired) electrons. The summed E-state index contributed by atoms with van der Waals surface area (Å²) in [5, 5.41) is 14.3. The molecule has 0 N–H and O–H groups in total. The first kappa shape index (κ1) is 15.4. The molecule has 0 saturated carbocycles. The second-order valence-electron chi connectivity index (χ2n) is 5.44. The van der Waals surface area contributed by atoms with Crippen molar-refractivity contribution in [1.82, 2.24) is 20.0 Å². The summed E-state index contributed by atoms with van der Waals surface area (Å²) in [6.45, 7) is 1.92. The number of rotatable bonds is 4. The highest BCUT2D eigenvalue weighted by atomic mass is 32.1. The van der Waals surface area contributed by atoms with E-state index < -0.39 is 0 Å². The summed E-state index contributed by atoms with van der Waals surface area (Å²) in [4.78, 5) is 4.46. The van der Waals surface area contributed by atoms with Crippen LogP contribution in [0.3, 0.4) is 0 Å². The number of aromatic nitrogens is 4. The van der Waals surface area contributed by atoms with E-state index in [0.29, 0.717) is 5.13 Å². The molecule has 0 fully saturated rings. The Balaban J connectivity index is 1.78. The van der Waals surface area contributed by atoms with E-state index in [0.717, 1.165) is 27.5 Å². The third kappa shape index (κ3) is 3.39. The van der Waals surface area contributed by atoms with E-state index >= 15 is 0 Å². The minimum absolute atomic E-state index is 0.643. The molecule has 0 unspecified atom stereocenters. The van der Waals surface area contributed by atoms with Gasteiger partial charge in [-0.3, -0.25) is 0 Å². The Morgan fingerprint density at radius 3 is 2.36 bits per heavy atom. The summed E-state index contributed by atoms with van der Waals surface area (Å²) in [6, 6.07) is 20.1. The fourth-order valence-electron chi connectivity index (χ4n) is 2.48. The van der Waals surface area contributed by atoms with Crippen LogP contribution >= 0.6 is 11.3 Å².